The molecule has 2 heterocycles. The van der Waals surface area contributed by atoms with Gasteiger partial charge in [0.2, 0.25) is 5.89 Å². The monoisotopic (exact) mass is 374 g/mol. The lowest BCUT2D eigenvalue weighted by molar-refractivity contribution is 0.0771. The van der Waals surface area contributed by atoms with Crippen LogP contribution in [0.4, 0.5) is 5.69 Å². The summed E-state index contributed by atoms with van der Waals surface area (Å²) in [6.07, 6.45) is 0.806. The van der Waals surface area contributed by atoms with Crippen LogP contribution in [0.3, 0.4) is 0 Å². The van der Waals surface area contributed by atoms with E-state index >= 15 is 0 Å². The van der Waals surface area contributed by atoms with E-state index in [-0.39, 0.29) is 5.91 Å². The summed E-state index contributed by atoms with van der Waals surface area (Å²) in [7, 11) is 0. The highest BCUT2D eigenvalue weighted by Crippen LogP contribution is 2.22. The number of thioether (sulfide) groups is 1. The predicted octanol–water partition coefficient (Wildman–Crippen LogP) is 3.38. The summed E-state index contributed by atoms with van der Waals surface area (Å²) in [6.45, 7) is 8.32. The number of rotatable bonds is 6. The molecule has 1 aliphatic heterocycles. The fourth-order valence-corrected chi connectivity index (χ4v) is 3.88. The number of anilines is 1. The van der Waals surface area contributed by atoms with Crippen molar-refractivity contribution in [2.24, 2.45) is 5.92 Å². The first kappa shape index (κ1) is 18.8. The highest BCUT2D eigenvalue weighted by molar-refractivity contribution is 7.99. The Kier molecular flexibility index (Phi) is 6.19. The summed E-state index contributed by atoms with van der Waals surface area (Å²) < 4.78 is 5.30. The van der Waals surface area contributed by atoms with Crippen LogP contribution in [0.5, 0.6) is 0 Å². The Hall–Kier alpha value is -2.02. The first-order valence-electron chi connectivity index (χ1n) is 9.06. The van der Waals surface area contributed by atoms with Gasteiger partial charge in [-0.2, -0.15) is 16.7 Å². The van der Waals surface area contributed by atoms with Crippen LogP contribution in [0.2, 0.25) is 0 Å². The molecule has 0 atom stereocenters. The maximum Gasteiger partial charge on any atom is 0.254 e. The minimum atomic E-state index is 0.114. The predicted molar refractivity (Wildman–Crippen MR) is 105 cm³/mol. The lowest BCUT2D eigenvalue weighted by atomic mass is 10.1. The molecule has 0 unspecified atom stereocenters. The van der Waals surface area contributed by atoms with E-state index in [9.17, 15) is 4.79 Å². The summed E-state index contributed by atoms with van der Waals surface area (Å²) in [5, 5.41) is 7.33. The van der Waals surface area contributed by atoms with Gasteiger partial charge in [0.25, 0.3) is 5.91 Å². The van der Waals surface area contributed by atoms with E-state index in [0.29, 0.717) is 18.4 Å². The van der Waals surface area contributed by atoms with Crippen LogP contribution in [0.1, 0.15) is 41.5 Å². The third-order valence-corrected chi connectivity index (χ3v) is 5.34. The van der Waals surface area contributed by atoms with Gasteiger partial charge in [0.1, 0.15) is 0 Å². The fourth-order valence-electron chi connectivity index (χ4n) is 2.98. The Balaban J connectivity index is 1.67. The molecule has 1 aliphatic rings. The van der Waals surface area contributed by atoms with Crippen LogP contribution in [-0.2, 0) is 13.0 Å². The van der Waals surface area contributed by atoms with E-state index in [2.05, 4.69) is 29.3 Å². The number of amides is 1. The van der Waals surface area contributed by atoms with Crippen molar-refractivity contribution < 1.29 is 9.32 Å². The van der Waals surface area contributed by atoms with Gasteiger partial charge < -0.3 is 14.7 Å². The van der Waals surface area contributed by atoms with E-state index in [1.54, 1.807) is 0 Å². The smallest absolute Gasteiger partial charge is 0.254 e. The Morgan fingerprint density at radius 3 is 2.85 bits per heavy atom. The van der Waals surface area contributed by atoms with Crippen molar-refractivity contribution in [2.75, 3.05) is 29.9 Å². The molecule has 7 heteroatoms. The topological polar surface area (TPSA) is 71.3 Å². The van der Waals surface area contributed by atoms with Crippen molar-refractivity contribution in [1.29, 1.82) is 0 Å². The van der Waals surface area contributed by atoms with Gasteiger partial charge >= 0.3 is 0 Å². The largest absolute Gasteiger partial charge is 0.376 e. The maximum atomic E-state index is 12.8. The molecule has 3 rings (SSSR count). The average molecular weight is 375 g/mol. The Labute approximate surface area is 158 Å². The lowest BCUT2D eigenvalue weighted by Crippen LogP contribution is -2.38. The van der Waals surface area contributed by atoms with Crippen LogP contribution in [0.15, 0.2) is 22.7 Å². The third kappa shape index (κ3) is 4.58. The van der Waals surface area contributed by atoms with Crippen molar-refractivity contribution >= 4 is 23.4 Å². The zero-order chi connectivity index (χ0) is 18.5. The second-order valence-electron chi connectivity index (χ2n) is 6.94. The molecule has 1 fully saturated rings. The zero-order valence-corrected chi connectivity index (χ0v) is 16.4. The van der Waals surface area contributed by atoms with Gasteiger partial charge in [-0.3, -0.25) is 4.79 Å². The van der Waals surface area contributed by atoms with E-state index in [4.69, 9.17) is 4.52 Å². The molecule has 2 aromatic rings. The number of carbonyl (C=O) groups is 1. The van der Waals surface area contributed by atoms with Crippen molar-refractivity contribution in [1.82, 2.24) is 15.0 Å². The maximum absolute atomic E-state index is 12.8. The summed E-state index contributed by atoms with van der Waals surface area (Å²) >= 11 is 1.90. The quantitative estimate of drug-likeness (QED) is 0.836. The number of hydrogen-bond acceptors (Lipinski definition) is 6. The number of aromatic nitrogens is 2. The summed E-state index contributed by atoms with van der Waals surface area (Å²) in [5.74, 6) is 3.93. The number of nitrogens with zero attached hydrogens (tertiary/aromatic N) is 3. The molecule has 0 aliphatic carbocycles. The first-order chi connectivity index (χ1) is 12.5. The second-order valence-corrected chi connectivity index (χ2v) is 8.16. The Morgan fingerprint density at radius 1 is 1.35 bits per heavy atom. The van der Waals surface area contributed by atoms with Gasteiger partial charge in [-0.1, -0.05) is 25.1 Å². The molecule has 0 spiro atoms. The number of hydrogen-bond donors (Lipinski definition) is 1. The molecule has 0 radical (unpaired) electrons. The molecule has 1 aromatic carbocycles. The van der Waals surface area contributed by atoms with Gasteiger partial charge in [-0.25, -0.2) is 0 Å². The van der Waals surface area contributed by atoms with Crippen molar-refractivity contribution in [3.8, 4) is 0 Å². The first-order valence-corrected chi connectivity index (χ1v) is 10.2. The van der Waals surface area contributed by atoms with Crippen LogP contribution in [0.25, 0.3) is 0 Å². The fraction of sp³-hybridized carbons (Fsp3) is 0.526. The highest BCUT2D eigenvalue weighted by atomic mass is 32.2. The lowest BCUT2D eigenvalue weighted by Gasteiger charge is -2.27. The molecule has 0 saturated carbocycles. The van der Waals surface area contributed by atoms with Crippen LogP contribution >= 0.6 is 11.8 Å². The molecule has 0 bridgehead atoms. The average Bonchev–Trinajstić information content (AvgIpc) is 3.07. The van der Waals surface area contributed by atoms with E-state index in [1.165, 1.54) is 0 Å². The molecule has 1 N–H and O–H groups in total. The minimum Gasteiger partial charge on any atom is -0.376 e. The van der Waals surface area contributed by atoms with Gasteiger partial charge in [-0.05, 0) is 30.5 Å². The molecule has 1 saturated heterocycles. The van der Waals surface area contributed by atoms with Gasteiger partial charge in [0.15, 0.2) is 5.82 Å². The molecule has 140 valence electrons. The summed E-state index contributed by atoms with van der Waals surface area (Å²) in [4.78, 5) is 19.2. The van der Waals surface area contributed by atoms with E-state index < -0.39 is 0 Å². The van der Waals surface area contributed by atoms with Gasteiger partial charge in [-0.15, -0.1) is 0 Å². The Bertz CT molecular complexity index is 754. The van der Waals surface area contributed by atoms with Crippen molar-refractivity contribution in [3.63, 3.8) is 0 Å². The molecule has 1 aromatic heterocycles. The number of benzene rings is 1. The molecule has 1 amide bonds. The number of carbonyl (C=O) groups excluding carboxylic acids is 1. The van der Waals surface area contributed by atoms with E-state index in [0.717, 1.165) is 53.7 Å². The Morgan fingerprint density at radius 2 is 2.12 bits per heavy atom. The number of nitrogens with one attached hydrogen (secondary N) is 1. The van der Waals surface area contributed by atoms with Crippen LogP contribution in [0, 0.1) is 12.8 Å². The standard InChI is InChI=1S/C19H26N4O2S/c1-13(2)11-17-21-18(25-22-17)12-20-16-6-4-5-15(14(16)3)19(24)23-7-9-26-10-8-23/h4-6,13,20H,7-12H2,1-3H3. The molecular weight excluding hydrogens is 348 g/mol. The summed E-state index contributed by atoms with van der Waals surface area (Å²) in [6, 6.07) is 5.79. The van der Waals surface area contributed by atoms with Crippen molar-refractivity contribution in [3.05, 3.63) is 41.0 Å². The van der Waals surface area contributed by atoms with E-state index in [1.807, 2.05) is 41.8 Å². The van der Waals surface area contributed by atoms with Crippen LogP contribution < -0.4 is 5.32 Å². The summed E-state index contributed by atoms with van der Waals surface area (Å²) in [5.41, 5.74) is 2.64. The molecule has 6 nitrogen and oxygen atoms in total. The third-order valence-electron chi connectivity index (χ3n) is 4.39. The van der Waals surface area contributed by atoms with Gasteiger partial charge in [0.05, 0.1) is 6.54 Å². The minimum absolute atomic E-state index is 0.114. The second kappa shape index (κ2) is 8.58. The zero-order valence-electron chi connectivity index (χ0n) is 15.6. The van der Waals surface area contributed by atoms with Gasteiger partial charge in [0, 0.05) is 42.3 Å². The molecule has 26 heavy (non-hydrogen) atoms. The van der Waals surface area contributed by atoms with Crippen LogP contribution in [-0.4, -0.2) is 45.5 Å². The SMILES string of the molecule is Cc1c(NCc2nc(CC(C)C)no2)cccc1C(=O)N1CCSCC1. The highest BCUT2D eigenvalue weighted by Gasteiger charge is 2.21. The normalized spacial score (nSPS) is 14.7. The van der Waals surface area contributed by atoms with Crippen molar-refractivity contribution in [2.45, 2.75) is 33.7 Å². The molecular formula is C19H26N4O2S.